The Hall–Kier alpha value is -2.97. The van der Waals surface area contributed by atoms with Gasteiger partial charge in [-0.1, -0.05) is 6.08 Å². The van der Waals surface area contributed by atoms with Gasteiger partial charge in [-0.2, -0.15) is 0 Å². The zero-order valence-corrected chi connectivity index (χ0v) is 14.6. The zero-order chi connectivity index (χ0) is 18.7. The second kappa shape index (κ2) is 7.51. The van der Waals surface area contributed by atoms with Crippen molar-refractivity contribution in [2.24, 2.45) is 0 Å². The zero-order valence-electron chi connectivity index (χ0n) is 13.8. The van der Waals surface area contributed by atoms with Crippen molar-refractivity contribution in [3.63, 3.8) is 0 Å². The summed E-state index contributed by atoms with van der Waals surface area (Å²) in [7, 11) is 0. The lowest BCUT2D eigenvalue weighted by Crippen LogP contribution is -2.28. The minimum Gasteiger partial charge on any atom is -0.467 e. The number of aliphatic hydroxyl groups excluding tert-OH is 1. The number of allylic oxidation sites excluding steroid dienone is 1. The summed E-state index contributed by atoms with van der Waals surface area (Å²) in [6.45, 7) is 3.91. The fourth-order valence-electron chi connectivity index (χ4n) is 2.56. The number of H-pyrrole nitrogens is 1. The molecule has 0 aliphatic rings. The third-order valence-electron chi connectivity index (χ3n) is 3.88. The number of carbonyl (C=O) groups excluding carboxylic acids is 1. The minimum atomic E-state index is -0.939. The van der Waals surface area contributed by atoms with Gasteiger partial charge in [0.25, 0.3) is 11.5 Å². The van der Waals surface area contributed by atoms with Crippen LogP contribution in [0.2, 0.25) is 0 Å². The quantitative estimate of drug-likeness (QED) is 0.456. The molecule has 1 aromatic carbocycles. The third kappa shape index (κ3) is 3.51. The molecule has 8 heteroatoms. The summed E-state index contributed by atoms with van der Waals surface area (Å²) in [5, 5.41) is 13.0. The van der Waals surface area contributed by atoms with Crippen molar-refractivity contribution < 1.29 is 14.3 Å². The van der Waals surface area contributed by atoms with E-state index in [1.54, 1.807) is 36.4 Å². The first kappa shape index (κ1) is 17.8. The van der Waals surface area contributed by atoms with Crippen LogP contribution in [0, 0.1) is 4.77 Å². The van der Waals surface area contributed by atoms with Crippen molar-refractivity contribution in [3.8, 4) is 0 Å². The van der Waals surface area contributed by atoms with Gasteiger partial charge >= 0.3 is 0 Å². The maximum atomic E-state index is 12.5. The van der Waals surface area contributed by atoms with Crippen LogP contribution in [0.25, 0.3) is 10.9 Å². The van der Waals surface area contributed by atoms with Gasteiger partial charge < -0.3 is 19.8 Å². The number of carbonyl (C=O) groups is 1. The predicted octanol–water partition coefficient (Wildman–Crippen LogP) is 2.30. The summed E-state index contributed by atoms with van der Waals surface area (Å²) in [5.41, 5.74) is 0.569. The smallest absolute Gasteiger partial charge is 0.262 e. The molecule has 2 heterocycles. The summed E-state index contributed by atoms with van der Waals surface area (Å²) < 4.78 is 6.74. The Morgan fingerprint density at radius 3 is 2.96 bits per heavy atom. The average Bonchev–Trinajstić information content (AvgIpc) is 3.17. The van der Waals surface area contributed by atoms with Crippen LogP contribution in [0.15, 0.2) is 58.5 Å². The molecule has 3 N–H and O–H groups in total. The molecule has 3 rings (SSSR count). The van der Waals surface area contributed by atoms with Crippen molar-refractivity contribution in [2.75, 3.05) is 6.54 Å². The van der Waals surface area contributed by atoms with E-state index in [1.165, 1.54) is 10.8 Å². The Labute approximate surface area is 153 Å². The van der Waals surface area contributed by atoms with Crippen LogP contribution in [0.3, 0.4) is 0 Å². The maximum absolute atomic E-state index is 12.5. The molecule has 0 aliphatic carbocycles. The van der Waals surface area contributed by atoms with Crippen LogP contribution in [0.5, 0.6) is 0 Å². The summed E-state index contributed by atoms with van der Waals surface area (Å²) in [6.07, 6.45) is 2.10. The van der Waals surface area contributed by atoms with Gasteiger partial charge in [-0.3, -0.25) is 14.2 Å². The first-order chi connectivity index (χ1) is 12.5. The number of rotatable bonds is 6. The number of nitrogens with zero attached hydrogens (tertiary/aromatic N) is 1. The molecule has 0 bridgehead atoms. The molecule has 2 aromatic heterocycles. The molecular weight excluding hydrogens is 354 g/mol. The van der Waals surface area contributed by atoms with Crippen molar-refractivity contribution in [1.29, 1.82) is 0 Å². The van der Waals surface area contributed by atoms with Gasteiger partial charge in [-0.05, 0) is 42.5 Å². The summed E-state index contributed by atoms with van der Waals surface area (Å²) in [6, 6.07) is 7.96. The van der Waals surface area contributed by atoms with E-state index in [0.29, 0.717) is 28.8 Å². The molecule has 0 saturated carbocycles. The molecule has 1 unspecified atom stereocenters. The lowest BCUT2D eigenvalue weighted by molar-refractivity contribution is 0.0901. The highest BCUT2D eigenvalue weighted by Crippen LogP contribution is 2.13. The molecular formula is C18H17N3O4S. The molecule has 0 aliphatic heterocycles. The van der Waals surface area contributed by atoms with Gasteiger partial charge in [-0.25, -0.2) is 0 Å². The standard InChI is InChI=1S/C18H17N3O4S/c1-2-7-21-17(24)12-6-5-11(9-13(12)20-18(21)26)16(23)19-10-14(22)15-4-3-8-25-15/h2-6,8-9,14,22H,1,7,10H2,(H,19,23)(H,20,26). The molecule has 3 aromatic rings. The molecule has 7 nitrogen and oxygen atoms in total. The summed E-state index contributed by atoms with van der Waals surface area (Å²) >= 11 is 5.19. The minimum absolute atomic E-state index is 0.00130. The number of furan rings is 1. The third-order valence-corrected chi connectivity index (χ3v) is 4.21. The predicted molar refractivity (Wildman–Crippen MR) is 99.6 cm³/mol. The molecule has 0 spiro atoms. The molecule has 0 saturated heterocycles. The normalized spacial score (nSPS) is 12.0. The Bertz CT molecular complexity index is 1070. The van der Waals surface area contributed by atoms with Crippen LogP contribution in [-0.2, 0) is 6.54 Å². The number of aromatic amines is 1. The number of aromatic nitrogens is 2. The van der Waals surface area contributed by atoms with Crippen LogP contribution in [-0.4, -0.2) is 27.1 Å². The number of hydrogen-bond acceptors (Lipinski definition) is 5. The van der Waals surface area contributed by atoms with E-state index in [-0.39, 0.29) is 22.8 Å². The van der Waals surface area contributed by atoms with Crippen molar-refractivity contribution in [3.05, 3.63) is 75.7 Å². The van der Waals surface area contributed by atoms with E-state index in [2.05, 4.69) is 16.9 Å². The SMILES string of the molecule is C=CCn1c(=S)[nH]c2cc(C(=O)NCC(O)c3ccco3)ccc2c1=O. The Kier molecular flexibility index (Phi) is 5.15. The van der Waals surface area contributed by atoms with Crippen LogP contribution >= 0.6 is 12.2 Å². The topological polar surface area (TPSA) is 100 Å². The van der Waals surface area contributed by atoms with E-state index >= 15 is 0 Å². The molecule has 134 valence electrons. The summed E-state index contributed by atoms with van der Waals surface area (Å²) in [5.74, 6) is -0.0113. The first-order valence-corrected chi connectivity index (χ1v) is 8.29. The number of nitrogens with one attached hydrogen (secondary N) is 2. The monoisotopic (exact) mass is 371 g/mol. The molecule has 1 amide bonds. The Balaban J connectivity index is 1.83. The highest BCUT2D eigenvalue weighted by Gasteiger charge is 2.14. The van der Waals surface area contributed by atoms with E-state index in [4.69, 9.17) is 16.6 Å². The fourth-order valence-corrected chi connectivity index (χ4v) is 2.83. The van der Waals surface area contributed by atoms with Gasteiger partial charge in [0.2, 0.25) is 0 Å². The fraction of sp³-hybridized carbons (Fsp3) is 0.167. The van der Waals surface area contributed by atoms with E-state index < -0.39 is 6.10 Å². The Morgan fingerprint density at radius 1 is 1.46 bits per heavy atom. The van der Waals surface area contributed by atoms with Crippen molar-refractivity contribution in [2.45, 2.75) is 12.6 Å². The number of amides is 1. The largest absolute Gasteiger partial charge is 0.467 e. The van der Waals surface area contributed by atoms with Gasteiger partial charge in [0.15, 0.2) is 4.77 Å². The van der Waals surface area contributed by atoms with Crippen LogP contribution in [0.1, 0.15) is 22.2 Å². The second-order valence-electron chi connectivity index (χ2n) is 5.64. The highest BCUT2D eigenvalue weighted by atomic mass is 32.1. The molecule has 1 atom stereocenters. The molecule has 0 fully saturated rings. The van der Waals surface area contributed by atoms with Gasteiger partial charge in [0, 0.05) is 12.1 Å². The Morgan fingerprint density at radius 2 is 2.27 bits per heavy atom. The second-order valence-corrected chi connectivity index (χ2v) is 6.02. The molecule has 26 heavy (non-hydrogen) atoms. The number of hydrogen-bond donors (Lipinski definition) is 3. The van der Waals surface area contributed by atoms with Crippen molar-refractivity contribution in [1.82, 2.24) is 14.9 Å². The van der Waals surface area contributed by atoms with Gasteiger partial charge in [0.1, 0.15) is 11.9 Å². The van der Waals surface area contributed by atoms with Crippen molar-refractivity contribution >= 4 is 29.0 Å². The summed E-state index contributed by atoms with van der Waals surface area (Å²) in [4.78, 5) is 27.7. The molecule has 0 radical (unpaired) electrons. The van der Waals surface area contributed by atoms with E-state index in [0.717, 1.165) is 0 Å². The highest BCUT2D eigenvalue weighted by molar-refractivity contribution is 7.71. The number of aliphatic hydroxyl groups is 1. The van der Waals surface area contributed by atoms with Crippen LogP contribution in [0.4, 0.5) is 0 Å². The number of fused-ring (bicyclic) bond motifs is 1. The van der Waals surface area contributed by atoms with Crippen LogP contribution < -0.4 is 10.9 Å². The number of benzene rings is 1. The van der Waals surface area contributed by atoms with E-state index in [1.807, 2.05) is 0 Å². The van der Waals surface area contributed by atoms with Gasteiger partial charge in [-0.15, -0.1) is 6.58 Å². The maximum Gasteiger partial charge on any atom is 0.262 e. The lowest BCUT2D eigenvalue weighted by Gasteiger charge is -2.10. The first-order valence-electron chi connectivity index (χ1n) is 7.88. The van der Waals surface area contributed by atoms with E-state index in [9.17, 15) is 14.7 Å². The van der Waals surface area contributed by atoms with Gasteiger partial charge in [0.05, 0.1) is 23.7 Å². The lowest BCUT2D eigenvalue weighted by atomic mass is 10.1. The average molecular weight is 371 g/mol.